The molecule has 194 valence electrons. The van der Waals surface area contributed by atoms with Gasteiger partial charge in [-0.3, -0.25) is 19.4 Å². The lowest BCUT2D eigenvalue weighted by Crippen LogP contribution is -2.52. The molecule has 2 amide bonds. The SMILES string of the molecule is NC(N)=NCCCCCC=CC(=O)N[C@@H](CC(=O)O)C(=O)N[C@@H](Cc1c[nH]c2ccccc12)C(=O)O. The molecule has 1 heterocycles. The largest absolute Gasteiger partial charge is 0.481 e. The first-order valence-corrected chi connectivity index (χ1v) is 11.5. The van der Waals surface area contributed by atoms with Crippen molar-refractivity contribution < 1.29 is 29.4 Å². The summed E-state index contributed by atoms with van der Waals surface area (Å²) in [4.78, 5) is 54.9. The number of benzene rings is 1. The Balaban J connectivity index is 1.93. The summed E-state index contributed by atoms with van der Waals surface area (Å²) in [5, 5.41) is 24.3. The van der Waals surface area contributed by atoms with E-state index in [9.17, 15) is 29.4 Å². The average Bonchev–Trinajstić information content (AvgIpc) is 3.22. The number of aliphatic carboxylic acids is 2. The van der Waals surface area contributed by atoms with Crippen molar-refractivity contribution in [3.8, 4) is 0 Å². The number of H-pyrrole nitrogens is 1. The summed E-state index contributed by atoms with van der Waals surface area (Å²) in [7, 11) is 0. The van der Waals surface area contributed by atoms with E-state index < -0.39 is 42.3 Å². The molecule has 1 aromatic carbocycles. The molecule has 2 rings (SSSR count). The number of aromatic nitrogens is 1. The maximum atomic E-state index is 12.7. The molecule has 12 nitrogen and oxygen atoms in total. The molecule has 0 radical (unpaired) electrons. The van der Waals surface area contributed by atoms with Gasteiger partial charge in [-0.15, -0.1) is 0 Å². The van der Waals surface area contributed by atoms with E-state index in [2.05, 4.69) is 20.6 Å². The number of nitrogens with one attached hydrogen (secondary N) is 3. The number of fused-ring (bicyclic) bond motifs is 1. The first-order chi connectivity index (χ1) is 17.2. The van der Waals surface area contributed by atoms with Gasteiger partial charge >= 0.3 is 11.9 Å². The van der Waals surface area contributed by atoms with Crippen molar-refractivity contribution in [3.63, 3.8) is 0 Å². The minimum Gasteiger partial charge on any atom is -0.481 e. The number of carbonyl (C=O) groups is 4. The fourth-order valence-corrected chi connectivity index (χ4v) is 3.55. The van der Waals surface area contributed by atoms with Crippen molar-refractivity contribution in [1.29, 1.82) is 0 Å². The highest BCUT2D eigenvalue weighted by atomic mass is 16.4. The van der Waals surface area contributed by atoms with Crippen LogP contribution >= 0.6 is 0 Å². The molecule has 0 aliphatic heterocycles. The summed E-state index contributed by atoms with van der Waals surface area (Å²) in [5.74, 6) is -4.11. The number of hydrogen-bond acceptors (Lipinski definition) is 5. The van der Waals surface area contributed by atoms with Crippen LogP contribution in [0.3, 0.4) is 0 Å². The fraction of sp³-hybridized carbons (Fsp3) is 0.375. The molecule has 0 saturated heterocycles. The van der Waals surface area contributed by atoms with Crippen molar-refractivity contribution in [3.05, 3.63) is 48.2 Å². The van der Waals surface area contributed by atoms with E-state index in [1.54, 1.807) is 12.3 Å². The topological polar surface area (TPSA) is 213 Å². The Morgan fingerprint density at radius 3 is 2.47 bits per heavy atom. The van der Waals surface area contributed by atoms with Crippen molar-refractivity contribution in [2.45, 2.75) is 50.6 Å². The van der Waals surface area contributed by atoms with Gasteiger partial charge in [0, 0.05) is 30.1 Å². The van der Waals surface area contributed by atoms with Crippen LogP contribution in [0.4, 0.5) is 0 Å². The number of carboxylic acids is 2. The van der Waals surface area contributed by atoms with Crippen LogP contribution in [0.5, 0.6) is 0 Å². The van der Waals surface area contributed by atoms with Gasteiger partial charge in [0.2, 0.25) is 11.8 Å². The number of carboxylic acid groups (broad SMARTS) is 2. The monoisotopic (exact) mass is 500 g/mol. The van der Waals surface area contributed by atoms with Gasteiger partial charge < -0.3 is 37.3 Å². The highest BCUT2D eigenvalue weighted by molar-refractivity contribution is 5.96. The molecule has 0 saturated carbocycles. The molecule has 0 bridgehead atoms. The predicted molar refractivity (Wildman–Crippen MR) is 134 cm³/mol. The van der Waals surface area contributed by atoms with E-state index in [0.717, 1.165) is 30.2 Å². The number of aliphatic imine (C=N–C) groups is 1. The lowest BCUT2D eigenvalue weighted by molar-refractivity contribution is -0.143. The molecular formula is C24H32N6O6. The molecule has 0 spiro atoms. The van der Waals surface area contributed by atoms with Crippen molar-refractivity contribution in [1.82, 2.24) is 15.6 Å². The molecule has 1 aromatic heterocycles. The lowest BCUT2D eigenvalue weighted by atomic mass is 10.0. The van der Waals surface area contributed by atoms with Crippen LogP contribution < -0.4 is 22.1 Å². The van der Waals surface area contributed by atoms with Gasteiger partial charge in [0.15, 0.2) is 5.96 Å². The van der Waals surface area contributed by atoms with Crippen LogP contribution in [0.25, 0.3) is 10.9 Å². The van der Waals surface area contributed by atoms with Crippen molar-refractivity contribution in [2.24, 2.45) is 16.5 Å². The number of aromatic amines is 1. The van der Waals surface area contributed by atoms with E-state index in [-0.39, 0.29) is 12.4 Å². The van der Waals surface area contributed by atoms with E-state index >= 15 is 0 Å². The molecule has 0 fully saturated rings. The number of unbranched alkanes of at least 4 members (excludes halogenated alkanes) is 3. The third-order valence-electron chi connectivity index (χ3n) is 5.32. The zero-order valence-corrected chi connectivity index (χ0v) is 19.8. The molecule has 9 N–H and O–H groups in total. The predicted octanol–water partition coefficient (Wildman–Crippen LogP) is 0.629. The number of hydrogen-bond donors (Lipinski definition) is 7. The zero-order chi connectivity index (χ0) is 26.5. The van der Waals surface area contributed by atoms with E-state index in [0.29, 0.717) is 18.5 Å². The Bertz CT molecular complexity index is 1120. The Kier molecular flexibility index (Phi) is 11.0. The van der Waals surface area contributed by atoms with Gasteiger partial charge in [0.1, 0.15) is 12.1 Å². The van der Waals surface area contributed by atoms with Gasteiger partial charge in [-0.1, -0.05) is 30.7 Å². The maximum Gasteiger partial charge on any atom is 0.326 e. The number of rotatable bonds is 15. The smallest absolute Gasteiger partial charge is 0.326 e. The fourth-order valence-electron chi connectivity index (χ4n) is 3.55. The van der Waals surface area contributed by atoms with Gasteiger partial charge in [-0.05, 0) is 37.0 Å². The highest BCUT2D eigenvalue weighted by Crippen LogP contribution is 2.19. The third-order valence-corrected chi connectivity index (χ3v) is 5.32. The lowest BCUT2D eigenvalue weighted by Gasteiger charge is -2.20. The molecule has 0 aliphatic carbocycles. The Morgan fingerprint density at radius 1 is 1.03 bits per heavy atom. The Labute approximate surface area is 207 Å². The summed E-state index contributed by atoms with van der Waals surface area (Å²) in [6.07, 6.45) is 6.80. The number of carbonyl (C=O) groups excluding carboxylic acids is 2. The standard InChI is InChI=1S/C24H32N6O6/c25-24(26)27-11-7-3-1-2-4-10-20(31)29-18(13-21(32)33)22(34)30-19(23(35)36)12-15-14-28-17-9-6-5-8-16(15)17/h4-6,8-10,14,18-19,28H,1-3,7,11-13H2,(H,29,31)(H,30,34)(H,32,33)(H,35,36)(H4,25,26,27)/t18-,19-/m0/s1. The Morgan fingerprint density at radius 2 is 1.78 bits per heavy atom. The number of allylic oxidation sites excluding steroid dienone is 1. The van der Waals surface area contributed by atoms with Crippen LogP contribution in [0.2, 0.25) is 0 Å². The second-order valence-corrected chi connectivity index (χ2v) is 8.18. The van der Waals surface area contributed by atoms with Crippen LogP contribution in [0, 0.1) is 0 Å². The molecular weight excluding hydrogens is 468 g/mol. The van der Waals surface area contributed by atoms with Gasteiger partial charge in [0.25, 0.3) is 0 Å². The zero-order valence-electron chi connectivity index (χ0n) is 19.8. The van der Waals surface area contributed by atoms with Crippen LogP contribution in [-0.4, -0.2) is 63.5 Å². The molecule has 0 unspecified atom stereocenters. The number of nitrogens with two attached hydrogens (primary N) is 2. The van der Waals surface area contributed by atoms with Crippen molar-refractivity contribution >= 4 is 40.6 Å². The quantitative estimate of drug-likeness (QED) is 0.0795. The second-order valence-electron chi connectivity index (χ2n) is 8.18. The summed E-state index contributed by atoms with van der Waals surface area (Å²) < 4.78 is 0. The highest BCUT2D eigenvalue weighted by Gasteiger charge is 2.28. The van der Waals surface area contributed by atoms with Crippen molar-refractivity contribution in [2.75, 3.05) is 6.54 Å². The minimum absolute atomic E-state index is 0.0259. The first kappa shape index (κ1) is 27.9. The molecule has 0 aliphatic rings. The number of nitrogens with zero attached hydrogens (tertiary/aromatic N) is 1. The second kappa shape index (κ2) is 14.1. The minimum atomic E-state index is -1.44. The first-order valence-electron chi connectivity index (χ1n) is 11.5. The summed E-state index contributed by atoms with van der Waals surface area (Å²) >= 11 is 0. The molecule has 2 aromatic rings. The van der Waals surface area contributed by atoms with Gasteiger partial charge in [0.05, 0.1) is 6.42 Å². The average molecular weight is 501 g/mol. The number of amides is 2. The normalized spacial score (nSPS) is 12.7. The van der Waals surface area contributed by atoms with Crippen LogP contribution in [-0.2, 0) is 25.6 Å². The number of para-hydroxylation sites is 1. The van der Waals surface area contributed by atoms with Crippen LogP contribution in [0.15, 0.2) is 47.6 Å². The molecule has 12 heteroatoms. The van der Waals surface area contributed by atoms with E-state index in [1.807, 2.05) is 24.3 Å². The summed E-state index contributed by atoms with van der Waals surface area (Å²) in [5.41, 5.74) is 12.0. The third kappa shape index (κ3) is 9.49. The Hall–Kier alpha value is -4.35. The maximum absolute atomic E-state index is 12.7. The van der Waals surface area contributed by atoms with Gasteiger partial charge in [-0.25, -0.2) is 4.79 Å². The summed E-state index contributed by atoms with van der Waals surface area (Å²) in [6.45, 7) is 0.524. The van der Waals surface area contributed by atoms with E-state index in [1.165, 1.54) is 6.08 Å². The summed E-state index contributed by atoms with van der Waals surface area (Å²) in [6, 6.07) is 4.55. The van der Waals surface area contributed by atoms with Gasteiger partial charge in [-0.2, -0.15) is 0 Å². The molecule has 2 atom stereocenters. The van der Waals surface area contributed by atoms with Crippen LogP contribution in [0.1, 0.15) is 37.7 Å². The molecule has 36 heavy (non-hydrogen) atoms. The number of guanidine groups is 1. The van der Waals surface area contributed by atoms with E-state index in [4.69, 9.17) is 11.5 Å².